The van der Waals surface area contributed by atoms with Crippen LogP contribution in [0.2, 0.25) is 0 Å². The van der Waals surface area contributed by atoms with E-state index in [1.165, 1.54) is 26.0 Å². The minimum atomic E-state index is -1.19. The standard InChI is InChI=1S/C19H16O8/c1-9(17(20)21)25-11-7-14(26-10(2)18(22)23)16-12-5-3-4-6-13(12)19(24)27-15(16)8-11/h3-10H,1-2H3,(H,20,21)(H,22,23)/t9-,10-/m1/s1. The minimum Gasteiger partial charge on any atom is -0.479 e. The van der Waals surface area contributed by atoms with Gasteiger partial charge in [-0.3, -0.25) is 0 Å². The van der Waals surface area contributed by atoms with Gasteiger partial charge in [0.1, 0.15) is 17.1 Å². The Morgan fingerprint density at radius 3 is 2.19 bits per heavy atom. The van der Waals surface area contributed by atoms with Crippen LogP contribution in [0.25, 0.3) is 21.7 Å². The van der Waals surface area contributed by atoms with Gasteiger partial charge in [-0.05, 0) is 19.9 Å². The van der Waals surface area contributed by atoms with Crippen molar-refractivity contribution >= 4 is 33.7 Å². The molecule has 27 heavy (non-hydrogen) atoms. The van der Waals surface area contributed by atoms with Crippen LogP contribution >= 0.6 is 0 Å². The van der Waals surface area contributed by atoms with Crippen molar-refractivity contribution in [1.29, 1.82) is 0 Å². The van der Waals surface area contributed by atoms with Gasteiger partial charge >= 0.3 is 17.6 Å². The molecule has 1 aromatic heterocycles. The van der Waals surface area contributed by atoms with E-state index in [1.54, 1.807) is 24.3 Å². The van der Waals surface area contributed by atoms with Crippen molar-refractivity contribution in [2.75, 3.05) is 0 Å². The Kier molecular flexibility index (Phi) is 4.72. The molecule has 2 N–H and O–H groups in total. The van der Waals surface area contributed by atoms with Gasteiger partial charge in [0.2, 0.25) is 0 Å². The maximum Gasteiger partial charge on any atom is 0.344 e. The SMILES string of the molecule is C[C@@H](Oc1cc(O[C@H](C)C(=O)O)c2c(c1)oc(=O)c1ccccc12)C(=O)O. The zero-order chi connectivity index (χ0) is 19.7. The molecular formula is C19H16O8. The fraction of sp³-hybridized carbons (Fsp3) is 0.211. The third-order valence-electron chi connectivity index (χ3n) is 3.97. The number of aliphatic carboxylic acids is 2. The second-order valence-electron chi connectivity index (χ2n) is 5.93. The predicted octanol–water partition coefficient (Wildman–Crippen LogP) is 2.65. The first-order valence-corrected chi connectivity index (χ1v) is 8.06. The minimum absolute atomic E-state index is 0.0726. The molecule has 0 fully saturated rings. The van der Waals surface area contributed by atoms with Crippen molar-refractivity contribution in [2.45, 2.75) is 26.1 Å². The van der Waals surface area contributed by atoms with Crippen LogP contribution in [0.15, 0.2) is 45.6 Å². The van der Waals surface area contributed by atoms with Gasteiger partial charge < -0.3 is 24.1 Å². The normalized spacial score (nSPS) is 13.3. The lowest BCUT2D eigenvalue weighted by Crippen LogP contribution is -2.24. The molecule has 0 unspecified atom stereocenters. The second kappa shape index (κ2) is 6.99. The van der Waals surface area contributed by atoms with Gasteiger partial charge in [-0.1, -0.05) is 18.2 Å². The third kappa shape index (κ3) is 3.55. The van der Waals surface area contributed by atoms with Crippen molar-refractivity contribution in [3.63, 3.8) is 0 Å². The molecule has 3 aromatic rings. The molecule has 140 valence electrons. The van der Waals surface area contributed by atoms with Crippen LogP contribution in [0.1, 0.15) is 13.8 Å². The topological polar surface area (TPSA) is 123 Å². The highest BCUT2D eigenvalue weighted by Gasteiger charge is 2.21. The summed E-state index contributed by atoms with van der Waals surface area (Å²) in [7, 11) is 0. The molecule has 0 bridgehead atoms. The molecule has 0 radical (unpaired) electrons. The number of hydrogen-bond donors (Lipinski definition) is 2. The summed E-state index contributed by atoms with van der Waals surface area (Å²) in [5.41, 5.74) is -0.486. The lowest BCUT2D eigenvalue weighted by atomic mass is 10.1. The average molecular weight is 372 g/mol. The first-order valence-electron chi connectivity index (χ1n) is 8.06. The number of carboxylic acid groups (broad SMARTS) is 2. The monoisotopic (exact) mass is 372 g/mol. The van der Waals surface area contributed by atoms with E-state index in [2.05, 4.69) is 0 Å². The number of carboxylic acids is 2. The fourth-order valence-corrected chi connectivity index (χ4v) is 2.60. The Hall–Kier alpha value is -3.55. The number of carbonyl (C=O) groups is 2. The van der Waals surface area contributed by atoms with E-state index in [0.717, 1.165) is 0 Å². The van der Waals surface area contributed by atoms with Gasteiger partial charge in [0.25, 0.3) is 0 Å². The molecule has 3 rings (SSSR count). The molecule has 0 aliphatic heterocycles. The predicted molar refractivity (Wildman–Crippen MR) is 95.4 cm³/mol. The van der Waals surface area contributed by atoms with Gasteiger partial charge in [0, 0.05) is 17.5 Å². The highest BCUT2D eigenvalue weighted by Crippen LogP contribution is 2.36. The van der Waals surface area contributed by atoms with E-state index < -0.39 is 29.8 Å². The van der Waals surface area contributed by atoms with Crippen molar-refractivity contribution in [3.8, 4) is 11.5 Å². The zero-order valence-electron chi connectivity index (χ0n) is 14.5. The smallest absolute Gasteiger partial charge is 0.344 e. The quantitative estimate of drug-likeness (QED) is 0.500. The highest BCUT2D eigenvalue weighted by atomic mass is 16.5. The molecule has 2 aromatic carbocycles. The van der Waals surface area contributed by atoms with Crippen LogP contribution in [0, 0.1) is 0 Å². The van der Waals surface area contributed by atoms with E-state index in [4.69, 9.17) is 24.1 Å². The Labute approximate surface area is 152 Å². The summed E-state index contributed by atoms with van der Waals surface area (Å²) < 4.78 is 16.2. The van der Waals surface area contributed by atoms with Gasteiger partial charge in [-0.15, -0.1) is 0 Å². The Morgan fingerprint density at radius 1 is 0.963 bits per heavy atom. The van der Waals surface area contributed by atoms with Crippen LogP contribution in [0.3, 0.4) is 0 Å². The second-order valence-corrected chi connectivity index (χ2v) is 5.93. The fourth-order valence-electron chi connectivity index (χ4n) is 2.60. The van der Waals surface area contributed by atoms with Gasteiger partial charge in [0.15, 0.2) is 12.2 Å². The molecule has 0 saturated heterocycles. The number of rotatable bonds is 6. The molecule has 8 nitrogen and oxygen atoms in total. The van der Waals surface area contributed by atoms with Gasteiger partial charge in [-0.25, -0.2) is 14.4 Å². The van der Waals surface area contributed by atoms with Crippen LogP contribution in [0.4, 0.5) is 0 Å². The summed E-state index contributed by atoms with van der Waals surface area (Å²) in [6.07, 6.45) is -2.36. The first kappa shape index (κ1) is 18.2. The molecule has 0 aliphatic rings. The van der Waals surface area contributed by atoms with Crippen molar-refractivity contribution in [3.05, 3.63) is 46.8 Å². The summed E-state index contributed by atoms with van der Waals surface area (Å²) in [4.78, 5) is 34.5. The first-order chi connectivity index (χ1) is 12.8. The summed E-state index contributed by atoms with van der Waals surface area (Å²) >= 11 is 0. The highest BCUT2D eigenvalue weighted by molar-refractivity contribution is 6.08. The zero-order valence-corrected chi connectivity index (χ0v) is 14.5. The van der Waals surface area contributed by atoms with E-state index >= 15 is 0 Å². The van der Waals surface area contributed by atoms with Crippen molar-refractivity contribution in [1.82, 2.24) is 0 Å². The Bertz CT molecular complexity index is 1100. The van der Waals surface area contributed by atoms with Crippen LogP contribution in [-0.4, -0.2) is 34.4 Å². The Morgan fingerprint density at radius 2 is 1.56 bits per heavy atom. The molecule has 0 saturated carbocycles. The molecule has 8 heteroatoms. The molecular weight excluding hydrogens is 356 g/mol. The van der Waals surface area contributed by atoms with E-state index in [0.29, 0.717) is 16.2 Å². The maximum absolute atomic E-state index is 12.2. The number of benzene rings is 2. The van der Waals surface area contributed by atoms with Crippen LogP contribution < -0.4 is 15.1 Å². The van der Waals surface area contributed by atoms with E-state index in [1.807, 2.05) is 0 Å². The van der Waals surface area contributed by atoms with Crippen molar-refractivity contribution < 1.29 is 33.7 Å². The summed E-state index contributed by atoms with van der Waals surface area (Å²) in [5, 5.41) is 19.4. The van der Waals surface area contributed by atoms with E-state index in [9.17, 15) is 14.4 Å². The third-order valence-corrected chi connectivity index (χ3v) is 3.97. The van der Waals surface area contributed by atoms with Crippen LogP contribution in [0.5, 0.6) is 11.5 Å². The molecule has 0 amide bonds. The molecule has 0 spiro atoms. The van der Waals surface area contributed by atoms with Crippen LogP contribution in [-0.2, 0) is 9.59 Å². The van der Waals surface area contributed by atoms with Crippen molar-refractivity contribution in [2.24, 2.45) is 0 Å². The molecule has 2 atom stereocenters. The number of hydrogen-bond acceptors (Lipinski definition) is 6. The van der Waals surface area contributed by atoms with Gasteiger partial charge in [0.05, 0.1) is 10.8 Å². The number of fused-ring (bicyclic) bond motifs is 3. The maximum atomic E-state index is 12.2. The summed E-state index contributed by atoms with van der Waals surface area (Å²) in [5.74, 6) is -2.19. The largest absolute Gasteiger partial charge is 0.479 e. The summed E-state index contributed by atoms with van der Waals surface area (Å²) in [6.45, 7) is 2.69. The summed E-state index contributed by atoms with van der Waals surface area (Å²) in [6, 6.07) is 9.43. The Balaban J connectivity index is 2.28. The lowest BCUT2D eigenvalue weighted by molar-refractivity contribution is -0.144. The molecule has 1 heterocycles. The molecule has 0 aliphatic carbocycles. The van der Waals surface area contributed by atoms with Gasteiger partial charge in [-0.2, -0.15) is 0 Å². The lowest BCUT2D eigenvalue weighted by Gasteiger charge is -2.16. The van der Waals surface area contributed by atoms with E-state index in [-0.39, 0.29) is 17.1 Å². The number of ether oxygens (including phenoxy) is 2. The average Bonchev–Trinajstić information content (AvgIpc) is 2.61.